The molecule has 0 saturated carbocycles. The van der Waals surface area contributed by atoms with E-state index in [2.05, 4.69) is 6.07 Å². The second-order valence-corrected chi connectivity index (χ2v) is 8.25. The van der Waals surface area contributed by atoms with Gasteiger partial charge in [-0.1, -0.05) is 60.7 Å². The molecule has 0 aliphatic rings. The van der Waals surface area contributed by atoms with Crippen LogP contribution in [0.15, 0.2) is 84.9 Å². The van der Waals surface area contributed by atoms with Crippen molar-refractivity contribution >= 4 is 5.91 Å². The third-order valence-electron chi connectivity index (χ3n) is 5.59. The number of hydrogen-bond donors (Lipinski definition) is 0. The number of carbonyl (C=O) groups excluding carboxylic acids is 1. The maximum Gasteiger partial charge on any atom is 0.260 e. The molecular formula is C29H27N3O4. The number of aromatic nitrogens is 1. The van der Waals surface area contributed by atoms with E-state index in [1.54, 1.807) is 50.0 Å². The van der Waals surface area contributed by atoms with E-state index < -0.39 is 0 Å². The lowest BCUT2D eigenvalue weighted by molar-refractivity contribution is 0.0822. The molecule has 7 heteroatoms. The zero-order valence-corrected chi connectivity index (χ0v) is 20.5. The van der Waals surface area contributed by atoms with Crippen molar-refractivity contribution in [2.45, 2.75) is 13.2 Å². The van der Waals surface area contributed by atoms with Crippen LogP contribution in [0.4, 0.5) is 0 Å². The van der Waals surface area contributed by atoms with Gasteiger partial charge in [-0.2, -0.15) is 5.26 Å². The van der Waals surface area contributed by atoms with Crippen LogP contribution in [-0.2, 0) is 13.2 Å². The van der Waals surface area contributed by atoms with Gasteiger partial charge < -0.3 is 19.1 Å². The van der Waals surface area contributed by atoms with Crippen molar-refractivity contribution < 1.29 is 19.0 Å². The fourth-order valence-electron chi connectivity index (χ4n) is 3.75. The van der Waals surface area contributed by atoms with E-state index in [9.17, 15) is 10.1 Å². The molecule has 0 radical (unpaired) electrons. The first-order chi connectivity index (χ1) is 17.5. The van der Waals surface area contributed by atoms with Crippen LogP contribution in [0.1, 0.15) is 27.2 Å². The highest BCUT2D eigenvalue weighted by Gasteiger charge is 2.32. The number of ether oxygens (including phenoxy) is 3. The minimum Gasteiger partial charge on any atom is -0.497 e. The summed E-state index contributed by atoms with van der Waals surface area (Å²) in [6, 6.07) is 28.7. The summed E-state index contributed by atoms with van der Waals surface area (Å²) in [7, 11) is 4.86. The molecule has 1 aromatic heterocycles. The van der Waals surface area contributed by atoms with Gasteiger partial charge >= 0.3 is 0 Å². The monoisotopic (exact) mass is 481 g/mol. The third kappa shape index (κ3) is 5.18. The molecule has 0 spiro atoms. The Balaban J connectivity index is 1.89. The molecule has 0 bridgehead atoms. The Bertz CT molecular complexity index is 1360. The summed E-state index contributed by atoms with van der Waals surface area (Å²) < 4.78 is 19.4. The Labute approximate surface area is 210 Å². The predicted octanol–water partition coefficient (Wildman–Crippen LogP) is 5.22. The lowest BCUT2D eigenvalue weighted by Crippen LogP contribution is -2.23. The Morgan fingerprint density at radius 2 is 1.42 bits per heavy atom. The summed E-state index contributed by atoms with van der Waals surface area (Å²) in [5, 5.41) is 10.2. The molecule has 0 aliphatic heterocycles. The van der Waals surface area contributed by atoms with E-state index in [1.807, 2.05) is 60.7 Å². The van der Waals surface area contributed by atoms with Gasteiger partial charge in [0, 0.05) is 14.1 Å². The molecule has 1 amide bonds. The highest BCUT2D eigenvalue weighted by molar-refractivity contribution is 6.00. The second-order valence-electron chi connectivity index (χ2n) is 8.25. The molecule has 7 nitrogen and oxygen atoms in total. The molecule has 0 aliphatic carbocycles. The van der Waals surface area contributed by atoms with Crippen LogP contribution in [0.5, 0.6) is 17.4 Å². The van der Waals surface area contributed by atoms with Gasteiger partial charge in [0.2, 0.25) is 5.88 Å². The Kier molecular flexibility index (Phi) is 7.57. The Morgan fingerprint density at radius 1 is 0.861 bits per heavy atom. The first-order valence-electron chi connectivity index (χ1n) is 11.4. The fourth-order valence-corrected chi connectivity index (χ4v) is 3.75. The van der Waals surface area contributed by atoms with Gasteiger partial charge in [-0.3, -0.25) is 9.36 Å². The van der Waals surface area contributed by atoms with Crippen LogP contribution >= 0.6 is 0 Å². The quantitative estimate of drug-likeness (QED) is 0.328. The molecule has 3 aromatic carbocycles. The highest BCUT2D eigenvalue weighted by Crippen LogP contribution is 2.41. The van der Waals surface area contributed by atoms with E-state index in [-0.39, 0.29) is 42.0 Å². The number of nitriles is 1. The van der Waals surface area contributed by atoms with Crippen molar-refractivity contribution in [3.8, 4) is 29.1 Å². The second kappa shape index (κ2) is 11.2. The average Bonchev–Trinajstić information content (AvgIpc) is 3.24. The Morgan fingerprint density at radius 3 is 1.92 bits per heavy atom. The van der Waals surface area contributed by atoms with Crippen molar-refractivity contribution in [3.05, 3.63) is 107 Å². The molecule has 0 N–H and O–H groups in total. The number of amides is 1. The van der Waals surface area contributed by atoms with E-state index in [4.69, 9.17) is 14.2 Å². The van der Waals surface area contributed by atoms with Gasteiger partial charge in [-0.15, -0.1) is 0 Å². The number of methoxy groups -OCH3 is 1. The van der Waals surface area contributed by atoms with Crippen molar-refractivity contribution in [1.29, 1.82) is 5.26 Å². The third-order valence-corrected chi connectivity index (χ3v) is 5.59. The largest absolute Gasteiger partial charge is 0.497 e. The minimum atomic E-state index is -0.355. The first kappa shape index (κ1) is 24.4. The molecule has 36 heavy (non-hydrogen) atoms. The molecule has 4 rings (SSSR count). The van der Waals surface area contributed by atoms with Crippen molar-refractivity contribution in [2.75, 3.05) is 21.2 Å². The van der Waals surface area contributed by atoms with Gasteiger partial charge in [0.05, 0.1) is 12.8 Å². The standard InChI is InChI=1S/C29H27N3O4/c1-31(2)28(33)26-25(18-30)32(23-14-16-24(34-3)17-15-23)29(36-20-22-12-8-5-9-13-22)27(26)35-19-21-10-6-4-7-11-21/h4-17H,19-20H2,1-3H3. The molecule has 1 heterocycles. The highest BCUT2D eigenvalue weighted by atomic mass is 16.5. The van der Waals surface area contributed by atoms with Crippen LogP contribution in [0.2, 0.25) is 0 Å². The summed E-state index contributed by atoms with van der Waals surface area (Å²) in [6.45, 7) is 0.427. The van der Waals surface area contributed by atoms with Crippen molar-refractivity contribution in [1.82, 2.24) is 9.47 Å². The van der Waals surface area contributed by atoms with E-state index in [0.29, 0.717) is 11.4 Å². The Hall–Kier alpha value is -4.70. The minimum absolute atomic E-state index is 0.130. The first-order valence-corrected chi connectivity index (χ1v) is 11.4. The summed E-state index contributed by atoms with van der Waals surface area (Å²) in [6.07, 6.45) is 0. The van der Waals surface area contributed by atoms with Crippen LogP contribution < -0.4 is 14.2 Å². The van der Waals surface area contributed by atoms with E-state index >= 15 is 0 Å². The summed E-state index contributed by atoms with van der Waals surface area (Å²) >= 11 is 0. The van der Waals surface area contributed by atoms with Crippen molar-refractivity contribution in [3.63, 3.8) is 0 Å². The van der Waals surface area contributed by atoms with Gasteiger partial charge in [0.15, 0.2) is 5.75 Å². The summed E-state index contributed by atoms with van der Waals surface area (Å²) in [4.78, 5) is 14.8. The van der Waals surface area contributed by atoms with Gasteiger partial charge in [-0.25, -0.2) is 0 Å². The topological polar surface area (TPSA) is 76.7 Å². The maximum atomic E-state index is 13.3. The molecule has 0 unspecified atom stereocenters. The summed E-state index contributed by atoms with van der Waals surface area (Å²) in [5.74, 6) is 0.815. The lowest BCUT2D eigenvalue weighted by Gasteiger charge is -2.15. The molecule has 0 fully saturated rings. The predicted molar refractivity (Wildman–Crippen MR) is 137 cm³/mol. The van der Waals surface area contributed by atoms with Crippen LogP contribution in [0, 0.1) is 11.3 Å². The molecule has 0 saturated heterocycles. The average molecular weight is 482 g/mol. The van der Waals surface area contributed by atoms with Crippen LogP contribution in [0.3, 0.4) is 0 Å². The number of rotatable bonds is 9. The molecule has 182 valence electrons. The number of benzene rings is 3. The molecular weight excluding hydrogens is 454 g/mol. The van der Waals surface area contributed by atoms with Gasteiger partial charge in [-0.05, 0) is 35.4 Å². The van der Waals surface area contributed by atoms with Crippen molar-refractivity contribution in [2.24, 2.45) is 0 Å². The SMILES string of the molecule is COc1ccc(-n2c(C#N)c(C(=O)N(C)C)c(OCc3ccccc3)c2OCc2ccccc2)cc1. The van der Waals surface area contributed by atoms with Crippen LogP contribution in [-0.4, -0.2) is 36.6 Å². The molecule has 0 atom stereocenters. The molecule has 4 aromatic rings. The van der Waals surface area contributed by atoms with Gasteiger partial charge in [0.25, 0.3) is 5.91 Å². The lowest BCUT2D eigenvalue weighted by atomic mass is 10.2. The normalized spacial score (nSPS) is 10.4. The zero-order valence-electron chi connectivity index (χ0n) is 20.5. The zero-order chi connectivity index (χ0) is 25.5. The number of hydrogen-bond acceptors (Lipinski definition) is 5. The maximum absolute atomic E-state index is 13.3. The van der Waals surface area contributed by atoms with E-state index in [1.165, 1.54) is 4.90 Å². The number of nitrogens with zero attached hydrogens (tertiary/aromatic N) is 3. The van der Waals surface area contributed by atoms with Gasteiger partial charge in [0.1, 0.15) is 36.3 Å². The summed E-state index contributed by atoms with van der Waals surface area (Å²) in [5.41, 5.74) is 2.78. The van der Waals surface area contributed by atoms with E-state index in [0.717, 1.165) is 11.1 Å². The number of carbonyl (C=O) groups is 1. The smallest absolute Gasteiger partial charge is 0.260 e. The fraction of sp³-hybridized carbons (Fsp3) is 0.172. The van der Waals surface area contributed by atoms with Crippen LogP contribution in [0.25, 0.3) is 5.69 Å².